The van der Waals surface area contributed by atoms with Crippen LogP contribution in [0.1, 0.15) is 21.6 Å². The lowest BCUT2D eigenvalue weighted by Gasteiger charge is -2.09. The van der Waals surface area contributed by atoms with E-state index < -0.39 is 0 Å². The number of pyridine rings is 2. The summed E-state index contributed by atoms with van der Waals surface area (Å²) in [5.41, 5.74) is 2.64. The lowest BCUT2D eigenvalue weighted by atomic mass is 10.1. The molecular weight excluding hydrogens is 281 g/mol. The summed E-state index contributed by atoms with van der Waals surface area (Å²) in [7, 11) is 0. The number of nitrogens with one attached hydrogen (secondary N) is 1. The minimum atomic E-state index is -0.347. The van der Waals surface area contributed by atoms with Crippen LogP contribution in [0.25, 0.3) is 10.9 Å². The number of amides is 1. The van der Waals surface area contributed by atoms with Crippen LogP contribution in [-0.2, 0) is 6.54 Å². The molecule has 0 aliphatic rings. The molecule has 0 spiro atoms. The Kier molecular flexibility index (Phi) is 3.78. The number of carbonyl (C=O) groups is 1. The van der Waals surface area contributed by atoms with Crippen LogP contribution >= 0.6 is 0 Å². The Hall–Kier alpha value is -2.82. The second kappa shape index (κ2) is 5.89. The van der Waals surface area contributed by atoms with Crippen molar-refractivity contribution in [3.05, 3.63) is 71.4 Å². The third-order valence-corrected chi connectivity index (χ3v) is 3.39. The highest BCUT2D eigenvalue weighted by Gasteiger charge is 2.12. The van der Waals surface area contributed by atoms with Crippen LogP contribution in [0.3, 0.4) is 0 Å². The minimum absolute atomic E-state index is 0.236. The average Bonchev–Trinajstić information content (AvgIpc) is 2.53. The molecule has 2 heterocycles. The number of aromatic nitrogens is 2. The summed E-state index contributed by atoms with van der Waals surface area (Å²) >= 11 is 0. The Morgan fingerprint density at radius 2 is 2.14 bits per heavy atom. The number of hydrogen-bond acceptors (Lipinski definition) is 3. The molecule has 1 aromatic carbocycles. The van der Waals surface area contributed by atoms with Crippen molar-refractivity contribution >= 4 is 16.8 Å². The van der Waals surface area contributed by atoms with Gasteiger partial charge in [0.2, 0.25) is 0 Å². The third-order valence-electron chi connectivity index (χ3n) is 3.39. The topological polar surface area (TPSA) is 54.9 Å². The molecule has 0 atom stereocenters. The fraction of sp³-hybridized carbons (Fsp3) is 0.118. The number of hydrogen-bond donors (Lipinski definition) is 1. The molecule has 0 bridgehead atoms. The normalized spacial score (nSPS) is 10.6. The first kappa shape index (κ1) is 14.1. The Labute approximate surface area is 127 Å². The van der Waals surface area contributed by atoms with Crippen molar-refractivity contribution < 1.29 is 9.18 Å². The van der Waals surface area contributed by atoms with Gasteiger partial charge in [-0.1, -0.05) is 6.07 Å². The Morgan fingerprint density at radius 1 is 1.27 bits per heavy atom. The van der Waals surface area contributed by atoms with Crippen LogP contribution in [-0.4, -0.2) is 15.9 Å². The van der Waals surface area contributed by atoms with Crippen LogP contribution in [0.5, 0.6) is 0 Å². The molecule has 4 nitrogen and oxygen atoms in total. The highest BCUT2D eigenvalue weighted by atomic mass is 19.1. The van der Waals surface area contributed by atoms with Crippen molar-refractivity contribution in [2.45, 2.75) is 13.5 Å². The Bertz CT molecular complexity index is 834. The van der Waals surface area contributed by atoms with E-state index in [1.165, 1.54) is 12.1 Å². The Morgan fingerprint density at radius 3 is 2.91 bits per heavy atom. The lowest BCUT2D eigenvalue weighted by Crippen LogP contribution is -2.24. The molecule has 3 rings (SSSR count). The number of halogens is 1. The zero-order valence-electron chi connectivity index (χ0n) is 12.0. The quantitative estimate of drug-likeness (QED) is 0.808. The lowest BCUT2D eigenvalue weighted by molar-refractivity contribution is 0.0950. The van der Waals surface area contributed by atoms with Gasteiger partial charge in [0, 0.05) is 24.3 Å². The van der Waals surface area contributed by atoms with Crippen molar-refractivity contribution in [3.63, 3.8) is 0 Å². The van der Waals surface area contributed by atoms with E-state index in [1.54, 1.807) is 31.5 Å². The van der Waals surface area contributed by atoms with Gasteiger partial charge in [-0.3, -0.25) is 14.8 Å². The van der Waals surface area contributed by atoms with E-state index in [0.717, 1.165) is 5.56 Å². The van der Waals surface area contributed by atoms with Gasteiger partial charge < -0.3 is 5.32 Å². The van der Waals surface area contributed by atoms with Gasteiger partial charge in [-0.05, 0) is 42.8 Å². The van der Waals surface area contributed by atoms with Crippen LogP contribution in [0.4, 0.5) is 4.39 Å². The van der Waals surface area contributed by atoms with E-state index in [9.17, 15) is 9.18 Å². The largest absolute Gasteiger partial charge is 0.348 e. The number of carbonyl (C=O) groups excluding carboxylic acids is 1. The van der Waals surface area contributed by atoms with Gasteiger partial charge in [-0.15, -0.1) is 0 Å². The van der Waals surface area contributed by atoms with Gasteiger partial charge in [0.25, 0.3) is 5.91 Å². The molecule has 0 unspecified atom stereocenters. The summed E-state index contributed by atoms with van der Waals surface area (Å²) in [5.74, 6) is -0.583. The number of fused-ring (bicyclic) bond motifs is 1. The predicted molar refractivity (Wildman–Crippen MR) is 81.8 cm³/mol. The van der Waals surface area contributed by atoms with Crippen molar-refractivity contribution in [2.75, 3.05) is 0 Å². The average molecular weight is 295 g/mol. The van der Waals surface area contributed by atoms with Gasteiger partial charge in [0.1, 0.15) is 5.82 Å². The smallest absolute Gasteiger partial charge is 0.253 e. The maximum absolute atomic E-state index is 13.3. The standard InChI is InChI=1S/C17H14FN3O/c1-11-15(8-13-7-14(18)4-5-16(13)21-11)17(22)20-10-12-3-2-6-19-9-12/h2-9H,10H2,1H3,(H,20,22). The second-order valence-corrected chi connectivity index (χ2v) is 5.00. The molecule has 3 aromatic rings. The number of aryl methyl sites for hydroxylation is 1. The van der Waals surface area contributed by atoms with Crippen LogP contribution in [0, 0.1) is 12.7 Å². The summed E-state index contributed by atoms with van der Waals surface area (Å²) in [4.78, 5) is 20.7. The Balaban J connectivity index is 1.85. The van der Waals surface area contributed by atoms with Crippen LogP contribution in [0.2, 0.25) is 0 Å². The van der Waals surface area contributed by atoms with Crippen LogP contribution < -0.4 is 5.32 Å². The van der Waals surface area contributed by atoms with Gasteiger partial charge in [0.05, 0.1) is 16.8 Å². The molecule has 0 fully saturated rings. The van der Waals surface area contributed by atoms with Gasteiger partial charge in [0.15, 0.2) is 0 Å². The molecular formula is C17H14FN3O. The fourth-order valence-electron chi connectivity index (χ4n) is 2.25. The molecule has 0 aliphatic heterocycles. The van der Waals surface area contributed by atoms with Gasteiger partial charge in [-0.25, -0.2) is 4.39 Å². The molecule has 110 valence electrons. The van der Waals surface area contributed by atoms with Crippen LogP contribution in [0.15, 0.2) is 48.8 Å². The number of benzene rings is 1. The van der Waals surface area contributed by atoms with E-state index in [1.807, 2.05) is 12.1 Å². The van der Waals surface area contributed by atoms with Crippen molar-refractivity contribution in [3.8, 4) is 0 Å². The summed E-state index contributed by atoms with van der Waals surface area (Å²) in [6.45, 7) is 2.15. The summed E-state index contributed by atoms with van der Waals surface area (Å²) < 4.78 is 13.3. The highest BCUT2D eigenvalue weighted by Crippen LogP contribution is 2.18. The molecule has 22 heavy (non-hydrogen) atoms. The summed E-state index contributed by atoms with van der Waals surface area (Å²) in [5, 5.41) is 3.43. The maximum Gasteiger partial charge on any atom is 0.253 e. The third kappa shape index (κ3) is 2.93. The summed E-state index contributed by atoms with van der Waals surface area (Å²) in [6.07, 6.45) is 3.37. The predicted octanol–water partition coefficient (Wildman–Crippen LogP) is 3.01. The molecule has 1 amide bonds. The van der Waals surface area contributed by atoms with Crippen molar-refractivity contribution in [2.24, 2.45) is 0 Å². The molecule has 1 N–H and O–H groups in total. The van der Waals surface area contributed by atoms with E-state index in [0.29, 0.717) is 28.7 Å². The SMILES string of the molecule is Cc1nc2ccc(F)cc2cc1C(=O)NCc1cccnc1. The van der Waals surface area contributed by atoms with Crippen molar-refractivity contribution in [1.82, 2.24) is 15.3 Å². The summed E-state index contributed by atoms with van der Waals surface area (Å²) in [6, 6.07) is 9.70. The van der Waals surface area contributed by atoms with E-state index in [4.69, 9.17) is 0 Å². The molecule has 5 heteroatoms. The zero-order valence-corrected chi connectivity index (χ0v) is 12.0. The number of rotatable bonds is 3. The first-order valence-corrected chi connectivity index (χ1v) is 6.87. The molecule has 0 radical (unpaired) electrons. The van der Waals surface area contributed by atoms with E-state index >= 15 is 0 Å². The first-order valence-electron chi connectivity index (χ1n) is 6.87. The minimum Gasteiger partial charge on any atom is -0.348 e. The van der Waals surface area contributed by atoms with E-state index in [-0.39, 0.29) is 11.7 Å². The zero-order chi connectivity index (χ0) is 15.5. The molecule has 0 saturated heterocycles. The first-order chi connectivity index (χ1) is 10.6. The molecule has 0 aliphatic carbocycles. The molecule has 2 aromatic heterocycles. The molecule has 0 saturated carbocycles. The monoisotopic (exact) mass is 295 g/mol. The van der Waals surface area contributed by atoms with E-state index in [2.05, 4.69) is 15.3 Å². The highest BCUT2D eigenvalue weighted by molar-refractivity contribution is 5.98. The maximum atomic E-state index is 13.3. The van der Waals surface area contributed by atoms with Gasteiger partial charge in [-0.2, -0.15) is 0 Å². The van der Waals surface area contributed by atoms with Crippen molar-refractivity contribution in [1.29, 1.82) is 0 Å². The fourth-order valence-corrected chi connectivity index (χ4v) is 2.25. The van der Waals surface area contributed by atoms with Gasteiger partial charge >= 0.3 is 0 Å². The second-order valence-electron chi connectivity index (χ2n) is 5.00. The number of nitrogens with zero attached hydrogens (tertiary/aromatic N) is 2.